The Labute approximate surface area is 130 Å². The number of aromatic hydroxyl groups is 1. The van der Waals surface area contributed by atoms with Crippen LogP contribution in [-0.2, 0) is 0 Å². The zero-order valence-corrected chi connectivity index (χ0v) is 11.8. The van der Waals surface area contributed by atoms with Crippen molar-refractivity contribution in [1.29, 1.82) is 0 Å². The van der Waals surface area contributed by atoms with Crippen molar-refractivity contribution in [2.45, 2.75) is 0 Å². The fourth-order valence-electron chi connectivity index (χ4n) is 1.63. The van der Waals surface area contributed by atoms with Gasteiger partial charge >= 0.3 is 0 Å². The van der Waals surface area contributed by atoms with E-state index in [2.05, 4.69) is 10.5 Å². The molecular weight excluding hydrogens is 310 g/mol. The SMILES string of the molecule is O=C(NN=Cc1cccc([N+](=O)[O-])c1)c1cc(Cl)ccc1O. The Balaban J connectivity index is 2.09. The molecule has 0 aliphatic carbocycles. The average molecular weight is 320 g/mol. The number of nitro groups is 1. The summed E-state index contributed by atoms with van der Waals surface area (Å²) in [5.74, 6) is -0.880. The van der Waals surface area contributed by atoms with Crippen LogP contribution >= 0.6 is 11.6 Å². The van der Waals surface area contributed by atoms with Crippen molar-refractivity contribution >= 4 is 29.4 Å². The number of amides is 1. The van der Waals surface area contributed by atoms with Gasteiger partial charge in [0, 0.05) is 22.7 Å². The van der Waals surface area contributed by atoms with E-state index >= 15 is 0 Å². The first-order valence-electron chi connectivity index (χ1n) is 6.04. The van der Waals surface area contributed by atoms with E-state index in [0.29, 0.717) is 10.6 Å². The van der Waals surface area contributed by atoms with Crippen LogP contribution < -0.4 is 5.43 Å². The van der Waals surface area contributed by atoms with Gasteiger partial charge in [-0.2, -0.15) is 5.10 Å². The van der Waals surface area contributed by atoms with Gasteiger partial charge in [0.1, 0.15) is 5.75 Å². The number of carbonyl (C=O) groups is 1. The van der Waals surface area contributed by atoms with Crippen LogP contribution in [-0.4, -0.2) is 22.2 Å². The summed E-state index contributed by atoms with van der Waals surface area (Å²) in [6.07, 6.45) is 1.26. The van der Waals surface area contributed by atoms with Gasteiger partial charge in [-0.25, -0.2) is 5.43 Å². The van der Waals surface area contributed by atoms with Crippen LogP contribution in [0.2, 0.25) is 5.02 Å². The van der Waals surface area contributed by atoms with Gasteiger partial charge in [0.25, 0.3) is 11.6 Å². The first-order valence-corrected chi connectivity index (χ1v) is 6.41. The van der Waals surface area contributed by atoms with Crippen molar-refractivity contribution < 1.29 is 14.8 Å². The van der Waals surface area contributed by atoms with Crippen LogP contribution in [0.5, 0.6) is 5.75 Å². The predicted molar refractivity (Wildman–Crippen MR) is 81.3 cm³/mol. The maximum Gasteiger partial charge on any atom is 0.275 e. The second-order valence-corrected chi connectivity index (χ2v) is 4.65. The zero-order chi connectivity index (χ0) is 16.1. The molecule has 1 amide bonds. The van der Waals surface area contributed by atoms with E-state index in [4.69, 9.17) is 11.6 Å². The minimum absolute atomic E-state index is 0.0244. The van der Waals surface area contributed by atoms with E-state index in [1.165, 1.54) is 42.6 Å². The molecule has 0 saturated heterocycles. The van der Waals surface area contributed by atoms with Gasteiger partial charge in [-0.05, 0) is 18.2 Å². The van der Waals surface area contributed by atoms with Gasteiger partial charge in [-0.3, -0.25) is 14.9 Å². The topological polar surface area (TPSA) is 105 Å². The molecule has 0 heterocycles. The van der Waals surface area contributed by atoms with Gasteiger partial charge < -0.3 is 5.11 Å². The van der Waals surface area contributed by atoms with E-state index in [0.717, 1.165) is 0 Å². The summed E-state index contributed by atoms with van der Waals surface area (Å²) in [5, 5.41) is 24.2. The fraction of sp³-hybridized carbons (Fsp3) is 0. The molecule has 0 unspecified atom stereocenters. The third-order valence-corrected chi connectivity index (χ3v) is 2.90. The van der Waals surface area contributed by atoms with Crippen LogP contribution in [0.15, 0.2) is 47.6 Å². The predicted octanol–water partition coefficient (Wildman–Crippen LogP) is 2.72. The number of rotatable bonds is 4. The molecule has 2 N–H and O–H groups in total. The molecule has 0 aromatic heterocycles. The quantitative estimate of drug-likeness (QED) is 0.513. The van der Waals surface area contributed by atoms with Crippen molar-refractivity contribution in [3.63, 3.8) is 0 Å². The number of non-ortho nitro benzene ring substituents is 1. The maximum absolute atomic E-state index is 11.8. The van der Waals surface area contributed by atoms with Crippen LogP contribution in [0.1, 0.15) is 15.9 Å². The third-order valence-electron chi connectivity index (χ3n) is 2.66. The molecule has 0 spiro atoms. The molecule has 2 aromatic carbocycles. The number of nitrogens with zero attached hydrogens (tertiary/aromatic N) is 2. The van der Waals surface area contributed by atoms with Crippen molar-refractivity contribution in [3.05, 3.63) is 68.7 Å². The Bertz CT molecular complexity index is 762. The molecule has 0 bridgehead atoms. The lowest BCUT2D eigenvalue weighted by Crippen LogP contribution is -2.17. The van der Waals surface area contributed by atoms with Gasteiger partial charge in [0.2, 0.25) is 0 Å². The van der Waals surface area contributed by atoms with Crippen LogP contribution in [0.4, 0.5) is 5.69 Å². The standard InChI is InChI=1S/C14H10ClN3O4/c15-10-4-5-13(19)12(7-10)14(20)17-16-8-9-2-1-3-11(6-9)18(21)22/h1-8,19H,(H,17,20). The number of hydrogen-bond donors (Lipinski definition) is 2. The third kappa shape index (κ3) is 3.80. The number of halogens is 1. The van der Waals surface area contributed by atoms with Crippen molar-refractivity contribution in [2.75, 3.05) is 0 Å². The van der Waals surface area contributed by atoms with Gasteiger partial charge in [0.05, 0.1) is 16.7 Å². The smallest absolute Gasteiger partial charge is 0.275 e. The molecule has 112 valence electrons. The highest BCUT2D eigenvalue weighted by Gasteiger charge is 2.10. The highest BCUT2D eigenvalue weighted by molar-refractivity contribution is 6.31. The summed E-state index contributed by atoms with van der Waals surface area (Å²) in [7, 11) is 0. The molecule has 7 nitrogen and oxygen atoms in total. The van der Waals surface area contributed by atoms with E-state index in [1.54, 1.807) is 6.07 Å². The summed E-state index contributed by atoms with van der Waals surface area (Å²) in [4.78, 5) is 21.9. The number of phenolic OH excluding ortho intramolecular Hbond substituents is 1. The Hall–Kier alpha value is -2.93. The molecule has 0 saturated carbocycles. The molecule has 0 aliphatic rings. The number of benzene rings is 2. The number of phenols is 1. The number of carbonyl (C=O) groups excluding carboxylic acids is 1. The van der Waals surface area contributed by atoms with E-state index in [-0.39, 0.29) is 17.0 Å². The Kier molecular flexibility index (Phi) is 4.70. The van der Waals surface area contributed by atoms with Crippen LogP contribution in [0.3, 0.4) is 0 Å². The summed E-state index contributed by atoms with van der Waals surface area (Å²) in [6, 6.07) is 9.80. The molecule has 22 heavy (non-hydrogen) atoms. The lowest BCUT2D eigenvalue weighted by Gasteiger charge is -2.03. The van der Waals surface area contributed by atoms with Crippen molar-refractivity contribution in [3.8, 4) is 5.75 Å². The van der Waals surface area contributed by atoms with E-state index in [1.807, 2.05) is 0 Å². The molecule has 0 atom stereocenters. The molecule has 0 radical (unpaired) electrons. The Morgan fingerprint density at radius 1 is 1.32 bits per heavy atom. The van der Waals surface area contributed by atoms with Gasteiger partial charge in [-0.15, -0.1) is 0 Å². The van der Waals surface area contributed by atoms with Gasteiger partial charge in [-0.1, -0.05) is 23.7 Å². The molecule has 2 aromatic rings. The summed E-state index contributed by atoms with van der Waals surface area (Å²) < 4.78 is 0. The lowest BCUT2D eigenvalue weighted by molar-refractivity contribution is -0.384. The first kappa shape index (κ1) is 15.5. The summed E-state index contributed by atoms with van der Waals surface area (Å²) in [5.41, 5.74) is 2.55. The monoisotopic (exact) mass is 319 g/mol. The number of hydrazone groups is 1. The second kappa shape index (κ2) is 6.68. The largest absolute Gasteiger partial charge is 0.507 e. The highest BCUT2D eigenvalue weighted by atomic mass is 35.5. The highest BCUT2D eigenvalue weighted by Crippen LogP contribution is 2.21. The van der Waals surface area contributed by atoms with E-state index < -0.39 is 10.8 Å². The Morgan fingerprint density at radius 3 is 2.82 bits per heavy atom. The van der Waals surface area contributed by atoms with Crippen molar-refractivity contribution in [1.82, 2.24) is 5.43 Å². The second-order valence-electron chi connectivity index (χ2n) is 4.21. The molecule has 0 fully saturated rings. The average Bonchev–Trinajstić information content (AvgIpc) is 2.50. The van der Waals surface area contributed by atoms with Gasteiger partial charge in [0.15, 0.2) is 0 Å². The number of nitrogens with one attached hydrogen (secondary N) is 1. The molecule has 0 aliphatic heterocycles. The Morgan fingerprint density at radius 2 is 2.09 bits per heavy atom. The summed E-state index contributed by atoms with van der Waals surface area (Å²) >= 11 is 5.74. The maximum atomic E-state index is 11.8. The number of nitro benzene ring substituents is 1. The van der Waals surface area contributed by atoms with Crippen molar-refractivity contribution in [2.24, 2.45) is 5.10 Å². The molecule has 2 rings (SSSR count). The summed E-state index contributed by atoms with van der Waals surface area (Å²) in [6.45, 7) is 0. The normalized spacial score (nSPS) is 10.6. The zero-order valence-electron chi connectivity index (χ0n) is 11.1. The van der Waals surface area contributed by atoms with Crippen LogP contribution in [0.25, 0.3) is 0 Å². The lowest BCUT2D eigenvalue weighted by atomic mass is 10.2. The number of hydrogen-bond acceptors (Lipinski definition) is 5. The fourth-order valence-corrected chi connectivity index (χ4v) is 1.81. The van der Waals surface area contributed by atoms with E-state index in [9.17, 15) is 20.0 Å². The first-order chi connectivity index (χ1) is 10.5. The molecular formula is C14H10ClN3O4. The molecule has 8 heteroatoms. The van der Waals surface area contributed by atoms with Crippen LogP contribution in [0, 0.1) is 10.1 Å². The minimum atomic E-state index is -0.651. The minimum Gasteiger partial charge on any atom is -0.507 e.